The summed E-state index contributed by atoms with van der Waals surface area (Å²) < 4.78 is 0. The van der Waals surface area contributed by atoms with E-state index in [2.05, 4.69) is 45.0 Å². The van der Waals surface area contributed by atoms with Crippen molar-refractivity contribution in [3.8, 4) is 0 Å². The molecule has 0 atom stereocenters. The molecule has 0 unspecified atom stereocenters. The molecule has 3 heterocycles. The number of nitrogens with zero attached hydrogens (tertiary/aromatic N) is 4. The van der Waals surface area contributed by atoms with Gasteiger partial charge in [0.1, 0.15) is 11.3 Å². The third-order valence-electron chi connectivity index (χ3n) is 3.73. The molecule has 0 fully saturated rings. The zero-order chi connectivity index (χ0) is 13.5. The third-order valence-corrected chi connectivity index (χ3v) is 3.73. The van der Waals surface area contributed by atoms with Crippen LogP contribution in [0.15, 0.2) is 42.7 Å². The Bertz CT molecular complexity index is 797. The summed E-state index contributed by atoms with van der Waals surface area (Å²) in [6.07, 6.45) is 4.44. The molecule has 0 N–H and O–H groups in total. The highest BCUT2D eigenvalue weighted by Gasteiger charge is 2.21. The van der Waals surface area contributed by atoms with Crippen LogP contribution >= 0.6 is 0 Å². The predicted molar refractivity (Wildman–Crippen MR) is 79.2 cm³/mol. The number of fused-ring (bicyclic) bond motifs is 2. The van der Waals surface area contributed by atoms with Gasteiger partial charge < -0.3 is 4.90 Å². The zero-order valence-electron chi connectivity index (χ0n) is 11.2. The van der Waals surface area contributed by atoms with E-state index in [0.29, 0.717) is 5.65 Å². The average Bonchev–Trinajstić information content (AvgIpc) is 2.89. The first kappa shape index (κ1) is 11.3. The summed E-state index contributed by atoms with van der Waals surface area (Å²) in [7, 11) is 0. The van der Waals surface area contributed by atoms with Crippen LogP contribution in [0.5, 0.6) is 0 Å². The van der Waals surface area contributed by atoms with E-state index in [4.69, 9.17) is 0 Å². The van der Waals surface area contributed by atoms with Gasteiger partial charge in [-0.25, -0.2) is 9.97 Å². The van der Waals surface area contributed by atoms with Crippen LogP contribution in [-0.4, -0.2) is 21.5 Å². The van der Waals surface area contributed by atoms with E-state index < -0.39 is 0 Å². The first-order valence-electron chi connectivity index (χ1n) is 6.76. The standard InChI is InChI=1S/C16H14N4/c1-11-2-3-12-6-9-20(14(12)10-11)15-5-4-13-16(19-15)18-8-7-17-13/h2-5,7-8,10H,6,9H2,1H3. The molecule has 4 nitrogen and oxygen atoms in total. The Kier molecular flexibility index (Phi) is 2.42. The highest BCUT2D eigenvalue weighted by atomic mass is 15.2. The monoisotopic (exact) mass is 262 g/mol. The number of aryl methyl sites for hydroxylation is 1. The Hall–Kier alpha value is -2.49. The van der Waals surface area contributed by atoms with Gasteiger partial charge in [0.2, 0.25) is 0 Å². The van der Waals surface area contributed by atoms with Gasteiger partial charge in [-0.2, -0.15) is 0 Å². The maximum Gasteiger partial charge on any atom is 0.180 e. The fourth-order valence-corrected chi connectivity index (χ4v) is 2.72. The molecule has 0 amide bonds. The second-order valence-corrected chi connectivity index (χ2v) is 5.10. The van der Waals surface area contributed by atoms with E-state index in [1.165, 1.54) is 16.8 Å². The molecule has 2 aromatic heterocycles. The van der Waals surface area contributed by atoms with Crippen molar-refractivity contribution in [1.82, 2.24) is 15.0 Å². The zero-order valence-corrected chi connectivity index (χ0v) is 11.2. The van der Waals surface area contributed by atoms with Crippen LogP contribution in [0.2, 0.25) is 0 Å². The van der Waals surface area contributed by atoms with Crippen LogP contribution in [0.25, 0.3) is 11.2 Å². The molecule has 1 aromatic carbocycles. The highest BCUT2D eigenvalue weighted by molar-refractivity contribution is 5.75. The quantitative estimate of drug-likeness (QED) is 0.676. The van der Waals surface area contributed by atoms with Crippen LogP contribution < -0.4 is 4.90 Å². The molecule has 1 aliphatic rings. The van der Waals surface area contributed by atoms with Crippen LogP contribution in [0.1, 0.15) is 11.1 Å². The summed E-state index contributed by atoms with van der Waals surface area (Å²) in [5.41, 5.74) is 5.46. The molecule has 1 aliphatic heterocycles. The number of benzene rings is 1. The number of hydrogen-bond donors (Lipinski definition) is 0. The van der Waals surface area contributed by atoms with Crippen molar-refractivity contribution >= 4 is 22.7 Å². The molecule has 3 aromatic rings. The highest BCUT2D eigenvalue weighted by Crippen LogP contribution is 2.34. The number of rotatable bonds is 1. The molecule has 20 heavy (non-hydrogen) atoms. The lowest BCUT2D eigenvalue weighted by Crippen LogP contribution is -2.15. The smallest absolute Gasteiger partial charge is 0.180 e. The van der Waals surface area contributed by atoms with Crippen LogP contribution in [-0.2, 0) is 6.42 Å². The van der Waals surface area contributed by atoms with E-state index >= 15 is 0 Å². The molecule has 0 bridgehead atoms. The maximum absolute atomic E-state index is 4.64. The van der Waals surface area contributed by atoms with Gasteiger partial charge in [0.15, 0.2) is 5.65 Å². The average molecular weight is 262 g/mol. The molecular weight excluding hydrogens is 248 g/mol. The molecule has 0 saturated carbocycles. The summed E-state index contributed by atoms with van der Waals surface area (Å²) in [6, 6.07) is 10.6. The van der Waals surface area contributed by atoms with Crippen molar-refractivity contribution in [2.24, 2.45) is 0 Å². The maximum atomic E-state index is 4.64. The summed E-state index contributed by atoms with van der Waals surface area (Å²) in [5.74, 6) is 0.947. The van der Waals surface area contributed by atoms with E-state index in [1.54, 1.807) is 12.4 Å². The predicted octanol–water partition coefficient (Wildman–Crippen LogP) is 3.03. The van der Waals surface area contributed by atoms with Gasteiger partial charge >= 0.3 is 0 Å². The molecule has 0 spiro atoms. The van der Waals surface area contributed by atoms with Crippen molar-refractivity contribution < 1.29 is 0 Å². The lowest BCUT2D eigenvalue weighted by Gasteiger charge is -2.18. The molecule has 0 aliphatic carbocycles. The summed E-state index contributed by atoms with van der Waals surface area (Å²) >= 11 is 0. The molecule has 4 heteroatoms. The van der Waals surface area contributed by atoms with Gasteiger partial charge in [-0.1, -0.05) is 12.1 Å². The van der Waals surface area contributed by atoms with Gasteiger partial charge in [-0.15, -0.1) is 0 Å². The van der Waals surface area contributed by atoms with Crippen LogP contribution in [0.4, 0.5) is 11.5 Å². The number of anilines is 2. The van der Waals surface area contributed by atoms with E-state index in [-0.39, 0.29) is 0 Å². The first-order valence-corrected chi connectivity index (χ1v) is 6.76. The molecule has 0 saturated heterocycles. The second kappa shape index (κ2) is 4.27. The lowest BCUT2D eigenvalue weighted by molar-refractivity contribution is 0.976. The van der Waals surface area contributed by atoms with Gasteiger partial charge in [0.05, 0.1) is 0 Å². The lowest BCUT2D eigenvalue weighted by atomic mass is 10.1. The Morgan fingerprint density at radius 2 is 1.95 bits per heavy atom. The SMILES string of the molecule is Cc1ccc2c(c1)N(c1ccc3nccnc3n1)CC2. The Labute approximate surface area is 117 Å². The number of pyridine rings is 1. The molecule has 4 rings (SSSR count). The minimum atomic E-state index is 0.700. The third kappa shape index (κ3) is 1.72. The van der Waals surface area contributed by atoms with Gasteiger partial charge in [0, 0.05) is 24.6 Å². The van der Waals surface area contributed by atoms with E-state index in [0.717, 1.165) is 24.3 Å². The normalized spacial score (nSPS) is 13.8. The van der Waals surface area contributed by atoms with E-state index in [1.807, 2.05) is 12.1 Å². The van der Waals surface area contributed by atoms with Gasteiger partial charge in [-0.05, 0) is 42.7 Å². The van der Waals surface area contributed by atoms with Crippen molar-refractivity contribution in [3.05, 3.63) is 53.9 Å². The summed E-state index contributed by atoms with van der Waals surface area (Å²) in [4.78, 5) is 15.4. The summed E-state index contributed by atoms with van der Waals surface area (Å²) in [6.45, 7) is 3.09. The molecule has 0 radical (unpaired) electrons. The molecule has 98 valence electrons. The van der Waals surface area contributed by atoms with Gasteiger partial charge in [0.25, 0.3) is 0 Å². The number of hydrogen-bond acceptors (Lipinski definition) is 4. The Morgan fingerprint density at radius 1 is 1.05 bits per heavy atom. The van der Waals surface area contributed by atoms with Crippen molar-refractivity contribution in [3.63, 3.8) is 0 Å². The van der Waals surface area contributed by atoms with Crippen molar-refractivity contribution in [1.29, 1.82) is 0 Å². The second-order valence-electron chi connectivity index (χ2n) is 5.10. The number of aromatic nitrogens is 3. The molecular formula is C16H14N4. The van der Waals surface area contributed by atoms with Gasteiger partial charge in [-0.3, -0.25) is 4.98 Å². The minimum absolute atomic E-state index is 0.700. The van der Waals surface area contributed by atoms with Crippen molar-refractivity contribution in [2.45, 2.75) is 13.3 Å². The summed E-state index contributed by atoms with van der Waals surface area (Å²) in [5, 5.41) is 0. The van der Waals surface area contributed by atoms with Crippen LogP contribution in [0.3, 0.4) is 0 Å². The Balaban J connectivity index is 1.83. The fourth-order valence-electron chi connectivity index (χ4n) is 2.72. The largest absolute Gasteiger partial charge is 0.326 e. The van der Waals surface area contributed by atoms with Crippen LogP contribution in [0, 0.1) is 6.92 Å². The minimum Gasteiger partial charge on any atom is -0.326 e. The Morgan fingerprint density at radius 3 is 2.90 bits per heavy atom. The topological polar surface area (TPSA) is 41.9 Å². The van der Waals surface area contributed by atoms with Crippen molar-refractivity contribution in [2.75, 3.05) is 11.4 Å². The fraction of sp³-hybridized carbons (Fsp3) is 0.188. The van der Waals surface area contributed by atoms with E-state index in [9.17, 15) is 0 Å². The first-order chi connectivity index (χ1) is 9.81.